The van der Waals surface area contributed by atoms with Gasteiger partial charge in [0.05, 0.1) is 5.56 Å². The zero-order valence-corrected chi connectivity index (χ0v) is 12.8. The summed E-state index contributed by atoms with van der Waals surface area (Å²) in [6.45, 7) is 0. The molecule has 0 spiro atoms. The molecular formula is C19H15N3O2. The van der Waals surface area contributed by atoms with Crippen LogP contribution in [0.25, 0.3) is 11.0 Å². The molecule has 0 aliphatic heterocycles. The highest BCUT2D eigenvalue weighted by atomic mass is 16.3. The SMILES string of the molecule is O=C(c1ccccc1)c1ccccc1O.c1ccc2n[nH]nc2c1. The van der Waals surface area contributed by atoms with E-state index in [4.69, 9.17) is 0 Å². The summed E-state index contributed by atoms with van der Waals surface area (Å²) >= 11 is 0. The molecule has 0 saturated heterocycles. The van der Waals surface area contributed by atoms with Crippen LogP contribution in [0.3, 0.4) is 0 Å². The Morgan fingerprint density at radius 1 is 0.750 bits per heavy atom. The monoisotopic (exact) mass is 317 g/mol. The van der Waals surface area contributed by atoms with Gasteiger partial charge in [-0.15, -0.1) is 0 Å². The maximum Gasteiger partial charge on any atom is 0.196 e. The van der Waals surface area contributed by atoms with E-state index in [0.29, 0.717) is 11.1 Å². The molecule has 0 saturated carbocycles. The van der Waals surface area contributed by atoms with Crippen LogP contribution in [0.5, 0.6) is 5.75 Å². The quantitative estimate of drug-likeness (QED) is 0.554. The fourth-order valence-electron chi connectivity index (χ4n) is 2.20. The second-order valence-electron chi connectivity index (χ2n) is 5.02. The number of nitrogens with one attached hydrogen (secondary N) is 1. The molecule has 0 aliphatic rings. The standard InChI is InChI=1S/C13H10O2.C6H5N3/c14-12-9-5-4-8-11(12)13(15)10-6-2-1-3-7-10;1-2-4-6-5(3-1)7-9-8-6/h1-9,14H;1-4H,(H,7,8,9). The van der Waals surface area contributed by atoms with Crippen molar-refractivity contribution in [3.05, 3.63) is 90.0 Å². The molecule has 5 heteroatoms. The van der Waals surface area contributed by atoms with Gasteiger partial charge in [-0.2, -0.15) is 15.4 Å². The number of benzene rings is 3. The highest BCUT2D eigenvalue weighted by molar-refractivity contribution is 6.10. The molecular weight excluding hydrogens is 302 g/mol. The number of phenolic OH excluding ortho intramolecular Hbond substituents is 1. The summed E-state index contributed by atoms with van der Waals surface area (Å²) in [5.41, 5.74) is 2.75. The summed E-state index contributed by atoms with van der Waals surface area (Å²) in [4.78, 5) is 11.9. The van der Waals surface area contributed by atoms with Gasteiger partial charge in [0.2, 0.25) is 0 Å². The summed E-state index contributed by atoms with van der Waals surface area (Å²) in [6.07, 6.45) is 0. The average molecular weight is 317 g/mol. The molecule has 0 atom stereocenters. The van der Waals surface area contributed by atoms with Crippen LogP contribution in [0.15, 0.2) is 78.9 Å². The average Bonchev–Trinajstić information content (AvgIpc) is 3.12. The van der Waals surface area contributed by atoms with Crippen LogP contribution in [0.2, 0.25) is 0 Å². The molecule has 1 aromatic heterocycles. The topological polar surface area (TPSA) is 78.9 Å². The first-order valence-electron chi connectivity index (χ1n) is 7.39. The molecule has 24 heavy (non-hydrogen) atoms. The summed E-state index contributed by atoms with van der Waals surface area (Å²) in [7, 11) is 0. The lowest BCUT2D eigenvalue weighted by Crippen LogP contribution is -2.00. The number of ketones is 1. The van der Waals surface area contributed by atoms with Gasteiger partial charge in [0, 0.05) is 5.56 Å². The van der Waals surface area contributed by atoms with Crippen LogP contribution in [0.1, 0.15) is 15.9 Å². The molecule has 3 aromatic carbocycles. The van der Waals surface area contributed by atoms with Crippen molar-refractivity contribution in [2.45, 2.75) is 0 Å². The van der Waals surface area contributed by atoms with E-state index in [1.807, 2.05) is 30.3 Å². The third-order valence-corrected chi connectivity index (χ3v) is 3.41. The Hall–Kier alpha value is -3.47. The first-order valence-corrected chi connectivity index (χ1v) is 7.39. The minimum atomic E-state index is -0.159. The van der Waals surface area contributed by atoms with Crippen molar-refractivity contribution in [3.63, 3.8) is 0 Å². The molecule has 0 amide bonds. The molecule has 0 aliphatic carbocycles. The second-order valence-corrected chi connectivity index (χ2v) is 5.02. The summed E-state index contributed by atoms with van der Waals surface area (Å²) < 4.78 is 0. The Kier molecular flexibility index (Phi) is 4.62. The molecule has 0 radical (unpaired) electrons. The van der Waals surface area contributed by atoms with Gasteiger partial charge in [-0.25, -0.2) is 0 Å². The number of aromatic nitrogens is 3. The normalized spacial score (nSPS) is 10.0. The zero-order valence-electron chi connectivity index (χ0n) is 12.8. The number of carbonyl (C=O) groups excluding carboxylic acids is 1. The fourth-order valence-corrected chi connectivity index (χ4v) is 2.20. The van der Waals surface area contributed by atoms with Crippen LogP contribution >= 0.6 is 0 Å². The molecule has 4 aromatic rings. The van der Waals surface area contributed by atoms with Gasteiger partial charge in [-0.3, -0.25) is 4.79 Å². The number of phenols is 1. The van der Waals surface area contributed by atoms with Crippen molar-refractivity contribution in [2.75, 3.05) is 0 Å². The lowest BCUT2D eigenvalue weighted by Gasteiger charge is -2.02. The van der Waals surface area contributed by atoms with E-state index in [0.717, 1.165) is 11.0 Å². The first kappa shape index (κ1) is 15.4. The van der Waals surface area contributed by atoms with Crippen molar-refractivity contribution >= 4 is 16.8 Å². The summed E-state index contributed by atoms with van der Waals surface area (Å²) in [6, 6.07) is 23.2. The van der Waals surface area contributed by atoms with Gasteiger partial charge < -0.3 is 5.11 Å². The van der Waals surface area contributed by atoms with E-state index in [1.54, 1.807) is 42.5 Å². The van der Waals surface area contributed by atoms with E-state index < -0.39 is 0 Å². The lowest BCUT2D eigenvalue weighted by molar-refractivity contribution is 0.103. The Morgan fingerprint density at radius 3 is 1.92 bits per heavy atom. The number of aromatic amines is 1. The van der Waals surface area contributed by atoms with Gasteiger partial charge in [-0.05, 0) is 24.3 Å². The maximum atomic E-state index is 11.9. The van der Waals surface area contributed by atoms with Crippen LogP contribution < -0.4 is 0 Å². The molecule has 1 heterocycles. The lowest BCUT2D eigenvalue weighted by atomic mass is 10.0. The predicted molar refractivity (Wildman–Crippen MR) is 91.9 cm³/mol. The summed E-state index contributed by atoms with van der Waals surface area (Å²) in [5, 5.41) is 19.8. The largest absolute Gasteiger partial charge is 0.507 e. The van der Waals surface area contributed by atoms with Crippen LogP contribution in [0.4, 0.5) is 0 Å². The van der Waals surface area contributed by atoms with Gasteiger partial charge >= 0.3 is 0 Å². The van der Waals surface area contributed by atoms with E-state index in [9.17, 15) is 9.90 Å². The van der Waals surface area contributed by atoms with Crippen LogP contribution in [0, 0.1) is 0 Å². The second kappa shape index (κ2) is 7.19. The van der Waals surface area contributed by atoms with Gasteiger partial charge in [-0.1, -0.05) is 54.6 Å². The fraction of sp³-hybridized carbons (Fsp3) is 0. The third kappa shape index (κ3) is 3.47. The Morgan fingerprint density at radius 2 is 1.29 bits per heavy atom. The van der Waals surface area contributed by atoms with E-state index in [2.05, 4.69) is 15.4 Å². The maximum absolute atomic E-state index is 11.9. The van der Waals surface area contributed by atoms with Crippen molar-refractivity contribution in [1.29, 1.82) is 0 Å². The number of aromatic hydroxyl groups is 1. The smallest absolute Gasteiger partial charge is 0.196 e. The van der Waals surface area contributed by atoms with Crippen molar-refractivity contribution < 1.29 is 9.90 Å². The Balaban J connectivity index is 0.000000159. The van der Waals surface area contributed by atoms with Crippen molar-refractivity contribution in [2.24, 2.45) is 0 Å². The predicted octanol–water partition coefficient (Wildman–Crippen LogP) is 3.58. The number of rotatable bonds is 2. The van der Waals surface area contributed by atoms with E-state index in [1.165, 1.54) is 6.07 Å². The minimum Gasteiger partial charge on any atom is -0.507 e. The molecule has 4 rings (SSSR count). The molecule has 118 valence electrons. The third-order valence-electron chi connectivity index (χ3n) is 3.41. The van der Waals surface area contributed by atoms with Gasteiger partial charge in [0.1, 0.15) is 16.8 Å². The number of nitrogens with zero attached hydrogens (tertiary/aromatic N) is 2. The van der Waals surface area contributed by atoms with Crippen LogP contribution in [-0.2, 0) is 0 Å². The molecule has 5 nitrogen and oxygen atoms in total. The number of hydrogen-bond acceptors (Lipinski definition) is 4. The highest BCUT2D eigenvalue weighted by Crippen LogP contribution is 2.19. The van der Waals surface area contributed by atoms with Crippen molar-refractivity contribution in [1.82, 2.24) is 15.4 Å². The highest BCUT2D eigenvalue weighted by Gasteiger charge is 2.11. The number of H-pyrrole nitrogens is 1. The Bertz CT molecular complexity index is 919. The number of fused-ring (bicyclic) bond motifs is 1. The number of carbonyl (C=O) groups is 1. The molecule has 2 N–H and O–H groups in total. The zero-order chi connectivity index (χ0) is 16.8. The van der Waals surface area contributed by atoms with E-state index >= 15 is 0 Å². The molecule has 0 bridgehead atoms. The minimum absolute atomic E-state index is 0.0198. The molecule has 0 fully saturated rings. The number of para-hydroxylation sites is 3. The van der Waals surface area contributed by atoms with Crippen LogP contribution in [-0.4, -0.2) is 26.3 Å². The Labute approximate surface area is 138 Å². The van der Waals surface area contributed by atoms with Gasteiger partial charge in [0.15, 0.2) is 5.78 Å². The first-order chi connectivity index (χ1) is 11.8. The van der Waals surface area contributed by atoms with E-state index in [-0.39, 0.29) is 11.5 Å². The van der Waals surface area contributed by atoms with Gasteiger partial charge in [0.25, 0.3) is 0 Å². The van der Waals surface area contributed by atoms with Crippen molar-refractivity contribution in [3.8, 4) is 5.75 Å². The molecule has 0 unspecified atom stereocenters. The summed E-state index contributed by atoms with van der Waals surface area (Å²) in [5.74, 6) is -0.139. The number of hydrogen-bond donors (Lipinski definition) is 2.